The Morgan fingerprint density at radius 2 is 0.699 bits per heavy atom. The molecular weight excluding hydrogens is 1160 g/mol. The van der Waals surface area contributed by atoms with Crippen molar-refractivity contribution in [1.82, 2.24) is 4.57 Å². The Kier molecular flexibility index (Phi) is 14.0. The zero-order valence-corrected chi connectivity index (χ0v) is 53.5. The van der Waals surface area contributed by atoms with Gasteiger partial charge in [-0.1, -0.05) is 241 Å². The largest absolute Gasteiger partial charge is 0.454 e. The van der Waals surface area contributed by atoms with Crippen molar-refractivity contribution >= 4 is 128 Å². The zero-order valence-electron chi connectivity index (χ0n) is 52.8. The fourth-order valence-corrected chi connectivity index (χ4v) is 14.0. The second kappa shape index (κ2) is 22.7. The fourth-order valence-electron chi connectivity index (χ4n) is 13.7. The molecule has 0 N–H and O–H groups in total. The van der Waals surface area contributed by atoms with Gasteiger partial charge in [0.25, 0.3) is 0 Å². The summed E-state index contributed by atoms with van der Waals surface area (Å²) in [6.07, 6.45) is 0. The number of furan rings is 2. The van der Waals surface area contributed by atoms with Gasteiger partial charge in [0.05, 0.1) is 28.1 Å². The molecule has 3 aromatic heterocycles. The first-order valence-corrected chi connectivity index (χ1v) is 32.3. The lowest BCUT2D eigenvalue weighted by atomic mass is 9.86. The van der Waals surface area contributed by atoms with Gasteiger partial charge in [0.15, 0.2) is 11.2 Å². The molecule has 3 heterocycles. The average Bonchev–Trinajstić information content (AvgIpc) is 1.73. The van der Waals surface area contributed by atoms with Crippen LogP contribution in [0.3, 0.4) is 0 Å². The molecule has 0 aliphatic carbocycles. The van der Waals surface area contributed by atoms with Crippen LogP contribution in [0, 0.1) is 0 Å². The van der Waals surface area contributed by atoms with E-state index in [0.717, 1.165) is 145 Å². The second-order valence-electron chi connectivity index (χ2n) is 26.3. The highest BCUT2D eigenvalue weighted by molar-refractivity contribution is 6.31. The van der Waals surface area contributed by atoms with E-state index >= 15 is 0 Å². The number of rotatable bonds is 12. The molecule has 0 unspecified atom stereocenters. The van der Waals surface area contributed by atoms with Gasteiger partial charge in [-0.3, -0.25) is 0 Å². The van der Waals surface area contributed by atoms with Crippen molar-refractivity contribution in [3.63, 3.8) is 0 Å². The van der Waals surface area contributed by atoms with Crippen molar-refractivity contribution in [2.45, 2.75) is 52.4 Å². The molecule has 0 radical (unpaired) electrons. The van der Waals surface area contributed by atoms with E-state index in [1.807, 2.05) is 18.2 Å². The summed E-state index contributed by atoms with van der Waals surface area (Å²) in [5, 5.41) is 7.25. The number of hydrogen-bond acceptors (Lipinski definition) is 5. The van der Waals surface area contributed by atoms with E-state index in [-0.39, 0.29) is 10.8 Å². The third-order valence-electron chi connectivity index (χ3n) is 18.2. The zero-order chi connectivity index (χ0) is 63.1. The van der Waals surface area contributed by atoms with Crippen LogP contribution in [0.4, 0.5) is 51.2 Å². The van der Waals surface area contributed by atoms with E-state index in [0.29, 0.717) is 5.02 Å². The van der Waals surface area contributed by atoms with E-state index in [2.05, 4.69) is 340 Å². The molecule has 93 heavy (non-hydrogen) atoms. The molecule has 450 valence electrons. The molecule has 0 fully saturated rings. The lowest BCUT2D eigenvalue weighted by Crippen LogP contribution is -2.19. The van der Waals surface area contributed by atoms with E-state index in [9.17, 15) is 0 Å². The lowest BCUT2D eigenvalue weighted by molar-refractivity contribution is 0.590. The molecule has 0 spiro atoms. The van der Waals surface area contributed by atoms with Crippen LogP contribution in [-0.2, 0) is 10.8 Å². The summed E-state index contributed by atoms with van der Waals surface area (Å²) in [7, 11) is 0. The van der Waals surface area contributed by atoms with Crippen LogP contribution in [0.15, 0.2) is 306 Å². The topological polar surface area (TPSA) is 40.9 Å². The van der Waals surface area contributed by atoms with Crippen LogP contribution in [0.2, 0.25) is 5.02 Å². The first-order valence-electron chi connectivity index (χ1n) is 31.9. The smallest absolute Gasteiger partial charge is 0.159 e. The van der Waals surface area contributed by atoms with E-state index in [1.54, 1.807) is 0 Å². The number of fused-ring (bicyclic) bond motifs is 9. The molecule has 16 aromatic rings. The molecule has 16 rings (SSSR count). The van der Waals surface area contributed by atoms with Gasteiger partial charge in [-0.25, -0.2) is 0 Å². The summed E-state index contributed by atoms with van der Waals surface area (Å²) in [5.41, 5.74) is 21.0. The highest BCUT2D eigenvalue weighted by Crippen LogP contribution is 2.53. The van der Waals surface area contributed by atoms with Gasteiger partial charge in [-0.05, 0) is 142 Å². The van der Waals surface area contributed by atoms with E-state index in [4.69, 9.17) is 20.4 Å². The number of para-hydroxylation sites is 7. The molecule has 0 aliphatic heterocycles. The van der Waals surface area contributed by atoms with Crippen molar-refractivity contribution in [3.05, 3.63) is 313 Å². The van der Waals surface area contributed by atoms with E-state index < -0.39 is 0 Å². The van der Waals surface area contributed by atoms with Crippen molar-refractivity contribution in [1.29, 1.82) is 0 Å². The number of benzene rings is 13. The average molecular weight is 1220 g/mol. The Morgan fingerprint density at radius 3 is 1.23 bits per heavy atom. The summed E-state index contributed by atoms with van der Waals surface area (Å²) in [6.45, 7) is 13.7. The van der Waals surface area contributed by atoms with Crippen molar-refractivity contribution in [3.8, 4) is 27.9 Å². The molecule has 6 nitrogen and oxygen atoms in total. The maximum atomic E-state index is 7.30. The molecule has 13 aromatic carbocycles. The van der Waals surface area contributed by atoms with Crippen molar-refractivity contribution in [2.75, 3.05) is 14.7 Å². The Bertz CT molecular complexity index is 5420. The Balaban J connectivity index is 0.997. The monoisotopic (exact) mass is 1220 g/mol. The van der Waals surface area contributed by atoms with Crippen molar-refractivity contribution in [2.24, 2.45) is 0 Å². The summed E-state index contributed by atoms with van der Waals surface area (Å²) in [6, 6.07) is 107. The number of hydrogen-bond donors (Lipinski definition) is 0. The van der Waals surface area contributed by atoms with Gasteiger partial charge < -0.3 is 28.1 Å². The third-order valence-corrected chi connectivity index (χ3v) is 18.5. The van der Waals surface area contributed by atoms with Gasteiger partial charge >= 0.3 is 0 Å². The highest BCUT2D eigenvalue weighted by Gasteiger charge is 2.30. The maximum absolute atomic E-state index is 7.30. The molecular formula is C86H67ClN4O2. The molecule has 7 heteroatoms. The van der Waals surface area contributed by atoms with Gasteiger partial charge in [-0.2, -0.15) is 0 Å². The minimum atomic E-state index is -0.346. The molecule has 0 atom stereocenters. The van der Waals surface area contributed by atoms with Crippen molar-refractivity contribution < 1.29 is 8.83 Å². The molecule has 0 aliphatic rings. The number of nitrogens with zero attached hydrogens (tertiary/aromatic N) is 4. The second-order valence-corrected chi connectivity index (χ2v) is 26.7. The van der Waals surface area contributed by atoms with Crippen LogP contribution in [0.25, 0.3) is 93.6 Å². The maximum Gasteiger partial charge on any atom is 0.159 e. The first-order chi connectivity index (χ1) is 45.3. The summed E-state index contributed by atoms with van der Waals surface area (Å²) in [4.78, 5) is 7.24. The minimum absolute atomic E-state index is 0.212. The predicted octanol–water partition coefficient (Wildman–Crippen LogP) is 25.6. The first kappa shape index (κ1) is 57.1. The van der Waals surface area contributed by atoms with Gasteiger partial charge in [0.1, 0.15) is 11.2 Å². The Hall–Kier alpha value is -11.1. The summed E-state index contributed by atoms with van der Waals surface area (Å²) < 4.78 is 16.4. The Morgan fingerprint density at radius 1 is 0.312 bits per heavy atom. The van der Waals surface area contributed by atoms with Crippen LogP contribution in [0.1, 0.15) is 52.7 Å². The quantitative estimate of drug-likeness (QED) is 0.122. The third kappa shape index (κ3) is 10.2. The lowest BCUT2D eigenvalue weighted by Gasteiger charge is -2.35. The highest BCUT2D eigenvalue weighted by atomic mass is 35.5. The molecule has 0 saturated carbocycles. The summed E-state index contributed by atoms with van der Waals surface area (Å²) >= 11 is 7.30. The Labute approximate surface area is 547 Å². The van der Waals surface area contributed by atoms with Crippen LogP contribution in [0.5, 0.6) is 0 Å². The molecule has 0 saturated heterocycles. The fraction of sp³-hybridized carbons (Fsp3) is 0.0930. The number of anilines is 9. The van der Waals surface area contributed by atoms with Crippen LogP contribution in [-0.4, -0.2) is 4.57 Å². The molecule has 0 bridgehead atoms. The van der Waals surface area contributed by atoms with Crippen LogP contribution < -0.4 is 14.7 Å². The molecule has 0 amide bonds. The standard InChI is InChI=1S/C86H67ClN4O2/c1-85(2,3)58-48-60(87)52-65(49-58)88(78-44-24-40-74-72-36-15-19-46-80(72)92-83(74)78)61-30-21-32-63(53-61)90(82-68(56-26-9-7-10-27-56)38-23-39-69(82)57-28-11-8-12-29-57)67-51-59(86(4,5)6)50-66(55-67)89(79-45-25-41-75-73-37-16-20-47-81(73)93-84(75)79)62-31-22-33-64(54-62)91-76-42-17-13-34-70(76)71-35-14-18-43-77(71)91/h7-55H,1-6H3. The number of aromatic nitrogens is 1. The van der Waals surface area contributed by atoms with E-state index in [1.165, 1.54) is 10.8 Å². The van der Waals surface area contributed by atoms with Gasteiger partial charge in [-0.15, -0.1) is 0 Å². The van der Waals surface area contributed by atoms with Gasteiger partial charge in [0.2, 0.25) is 0 Å². The number of halogens is 1. The normalized spacial score (nSPS) is 12.0. The van der Waals surface area contributed by atoms with Gasteiger partial charge in [0, 0.05) is 88.3 Å². The predicted molar refractivity (Wildman–Crippen MR) is 393 cm³/mol. The minimum Gasteiger partial charge on any atom is -0.454 e. The SMILES string of the molecule is CC(C)(C)c1cc(Cl)cc(N(c2cccc(N(c3cc(N(c4cccc(-n5c6ccccc6c6ccccc65)c4)c4cccc5c4oc4ccccc45)cc(C(C)(C)C)c3)c3c(-c4ccccc4)cccc3-c3ccccc3)c2)c2cccc3c2oc2ccccc23)c1. The van der Waals surface area contributed by atoms with Crippen LogP contribution >= 0.6 is 11.6 Å². The summed E-state index contributed by atoms with van der Waals surface area (Å²) in [5.74, 6) is 0.